The van der Waals surface area contributed by atoms with Gasteiger partial charge in [0.15, 0.2) is 0 Å². The van der Waals surface area contributed by atoms with Gasteiger partial charge >= 0.3 is 0 Å². The van der Waals surface area contributed by atoms with Gasteiger partial charge in [0.1, 0.15) is 0 Å². The van der Waals surface area contributed by atoms with Crippen LogP contribution in [0.25, 0.3) is 10.8 Å². The summed E-state index contributed by atoms with van der Waals surface area (Å²) in [5.41, 5.74) is 8.63. The molecule has 1 aromatic heterocycles. The molecule has 1 atom stereocenters. The third kappa shape index (κ3) is 2.64. The Balaban J connectivity index is 2.15. The maximum atomic E-state index is 6.46. The predicted octanol–water partition coefficient (Wildman–Crippen LogP) is 4.81. The quantitative estimate of drug-likeness (QED) is 0.680. The molecular formula is C16H12Br2N2. The van der Waals surface area contributed by atoms with Gasteiger partial charge in [0, 0.05) is 26.7 Å². The van der Waals surface area contributed by atoms with Gasteiger partial charge in [0.2, 0.25) is 0 Å². The molecule has 0 aliphatic carbocycles. The third-order valence-corrected chi connectivity index (χ3v) is 4.21. The molecule has 0 fully saturated rings. The first-order valence-electron chi connectivity index (χ1n) is 6.19. The number of hydrogen-bond acceptors (Lipinski definition) is 2. The summed E-state index contributed by atoms with van der Waals surface area (Å²) in [6, 6.07) is 14.1. The second-order valence-electron chi connectivity index (χ2n) is 4.62. The fourth-order valence-electron chi connectivity index (χ4n) is 2.35. The molecule has 0 aliphatic heterocycles. The molecule has 0 aliphatic rings. The molecule has 0 saturated heterocycles. The third-order valence-electron chi connectivity index (χ3n) is 3.29. The van der Waals surface area contributed by atoms with Crippen molar-refractivity contribution in [3.8, 4) is 0 Å². The van der Waals surface area contributed by atoms with Crippen molar-refractivity contribution in [1.29, 1.82) is 0 Å². The molecular weight excluding hydrogens is 380 g/mol. The number of aromatic nitrogens is 1. The number of fused-ring (bicyclic) bond motifs is 1. The first-order valence-corrected chi connectivity index (χ1v) is 7.78. The second kappa shape index (κ2) is 5.64. The van der Waals surface area contributed by atoms with Crippen molar-refractivity contribution in [3.63, 3.8) is 0 Å². The molecule has 3 rings (SSSR count). The maximum absolute atomic E-state index is 6.46. The SMILES string of the molecule is NC(c1cc(Br)cc(Br)c1)c1cccc2cnccc12. The van der Waals surface area contributed by atoms with E-state index in [1.54, 1.807) is 6.20 Å². The summed E-state index contributed by atoms with van der Waals surface area (Å²) in [6.45, 7) is 0. The molecule has 3 aromatic rings. The molecule has 100 valence electrons. The van der Waals surface area contributed by atoms with Gasteiger partial charge < -0.3 is 5.73 Å². The van der Waals surface area contributed by atoms with E-state index in [1.165, 1.54) is 0 Å². The normalized spacial score (nSPS) is 12.6. The standard InChI is InChI=1S/C16H12Br2N2/c17-12-6-11(7-13(18)8-12)16(19)15-3-1-2-10-9-20-5-4-14(10)15/h1-9,16H,19H2. The Morgan fingerprint density at radius 1 is 1.00 bits per heavy atom. The average molecular weight is 392 g/mol. The number of benzene rings is 2. The Morgan fingerprint density at radius 3 is 2.50 bits per heavy atom. The minimum Gasteiger partial charge on any atom is -0.320 e. The van der Waals surface area contributed by atoms with E-state index in [0.717, 1.165) is 30.8 Å². The van der Waals surface area contributed by atoms with Crippen LogP contribution in [0, 0.1) is 0 Å². The first kappa shape index (κ1) is 13.7. The van der Waals surface area contributed by atoms with Crippen molar-refractivity contribution < 1.29 is 0 Å². The average Bonchev–Trinajstić information content (AvgIpc) is 2.45. The van der Waals surface area contributed by atoms with Crippen molar-refractivity contribution in [2.75, 3.05) is 0 Å². The molecule has 4 heteroatoms. The van der Waals surface area contributed by atoms with Crippen molar-refractivity contribution >= 4 is 42.6 Å². The van der Waals surface area contributed by atoms with Gasteiger partial charge in [-0.05, 0) is 40.8 Å². The molecule has 0 saturated carbocycles. The van der Waals surface area contributed by atoms with Crippen LogP contribution in [0.2, 0.25) is 0 Å². The fourth-order valence-corrected chi connectivity index (χ4v) is 3.68. The van der Waals surface area contributed by atoms with Gasteiger partial charge in [0.25, 0.3) is 0 Å². The van der Waals surface area contributed by atoms with E-state index in [1.807, 2.05) is 24.4 Å². The minimum absolute atomic E-state index is 0.171. The topological polar surface area (TPSA) is 38.9 Å². The lowest BCUT2D eigenvalue weighted by Gasteiger charge is -2.16. The van der Waals surface area contributed by atoms with Crippen LogP contribution in [0.1, 0.15) is 17.2 Å². The maximum Gasteiger partial charge on any atom is 0.0558 e. The number of hydrogen-bond donors (Lipinski definition) is 1. The Hall–Kier alpha value is -1.23. The highest BCUT2D eigenvalue weighted by atomic mass is 79.9. The summed E-state index contributed by atoms with van der Waals surface area (Å²) in [4.78, 5) is 4.16. The van der Waals surface area contributed by atoms with E-state index in [0.29, 0.717) is 0 Å². The molecule has 1 unspecified atom stereocenters. The summed E-state index contributed by atoms with van der Waals surface area (Å²) in [7, 11) is 0. The highest BCUT2D eigenvalue weighted by Crippen LogP contribution is 2.30. The van der Waals surface area contributed by atoms with Gasteiger partial charge in [-0.2, -0.15) is 0 Å². The molecule has 1 heterocycles. The lowest BCUT2D eigenvalue weighted by Crippen LogP contribution is -2.12. The first-order chi connectivity index (χ1) is 9.65. The molecule has 2 N–H and O–H groups in total. The van der Waals surface area contributed by atoms with Gasteiger partial charge in [-0.3, -0.25) is 4.98 Å². The smallest absolute Gasteiger partial charge is 0.0558 e. The van der Waals surface area contributed by atoms with E-state index < -0.39 is 0 Å². The Labute approximate surface area is 134 Å². The van der Waals surface area contributed by atoms with Crippen molar-refractivity contribution in [3.05, 3.63) is 74.9 Å². The highest BCUT2D eigenvalue weighted by molar-refractivity contribution is 9.11. The van der Waals surface area contributed by atoms with Gasteiger partial charge in [-0.1, -0.05) is 50.1 Å². The summed E-state index contributed by atoms with van der Waals surface area (Å²) in [5.74, 6) is 0. The number of rotatable bonds is 2. The zero-order valence-corrected chi connectivity index (χ0v) is 13.7. The largest absolute Gasteiger partial charge is 0.320 e. The van der Waals surface area contributed by atoms with Crippen molar-refractivity contribution in [2.24, 2.45) is 5.73 Å². The van der Waals surface area contributed by atoms with Crippen LogP contribution >= 0.6 is 31.9 Å². The minimum atomic E-state index is -0.171. The highest BCUT2D eigenvalue weighted by Gasteiger charge is 2.13. The van der Waals surface area contributed by atoms with Gasteiger partial charge in [-0.15, -0.1) is 0 Å². The molecule has 2 aromatic carbocycles. The van der Waals surface area contributed by atoms with E-state index in [4.69, 9.17) is 5.73 Å². The van der Waals surface area contributed by atoms with E-state index in [2.05, 4.69) is 61.1 Å². The predicted molar refractivity (Wildman–Crippen MR) is 89.6 cm³/mol. The number of nitrogens with zero attached hydrogens (tertiary/aromatic N) is 1. The van der Waals surface area contributed by atoms with Crippen molar-refractivity contribution in [2.45, 2.75) is 6.04 Å². The molecule has 0 spiro atoms. The van der Waals surface area contributed by atoms with Crippen LogP contribution in [0.3, 0.4) is 0 Å². The van der Waals surface area contributed by atoms with Crippen LogP contribution < -0.4 is 5.73 Å². The van der Waals surface area contributed by atoms with E-state index >= 15 is 0 Å². The molecule has 20 heavy (non-hydrogen) atoms. The number of halogens is 2. The summed E-state index contributed by atoms with van der Waals surface area (Å²) < 4.78 is 2.03. The summed E-state index contributed by atoms with van der Waals surface area (Å²) in [5, 5.41) is 2.25. The van der Waals surface area contributed by atoms with E-state index in [-0.39, 0.29) is 6.04 Å². The molecule has 0 amide bonds. The zero-order chi connectivity index (χ0) is 14.1. The van der Waals surface area contributed by atoms with Crippen LogP contribution in [0.5, 0.6) is 0 Å². The van der Waals surface area contributed by atoms with Crippen LogP contribution in [0.4, 0.5) is 0 Å². The lowest BCUT2D eigenvalue weighted by molar-refractivity contribution is 0.878. The number of nitrogens with two attached hydrogens (primary N) is 1. The zero-order valence-electron chi connectivity index (χ0n) is 10.6. The van der Waals surface area contributed by atoms with Crippen LogP contribution in [-0.4, -0.2) is 4.98 Å². The molecule has 0 radical (unpaired) electrons. The number of pyridine rings is 1. The second-order valence-corrected chi connectivity index (χ2v) is 6.46. The Kier molecular flexibility index (Phi) is 3.87. The monoisotopic (exact) mass is 390 g/mol. The Bertz CT molecular complexity index is 746. The molecule has 2 nitrogen and oxygen atoms in total. The van der Waals surface area contributed by atoms with Crippen molar-refractivity contribution in [1.82, 2.24) is 4.98 Å². The van der Waals surface area contributed by atoms with Crippen LogP contribution in [-0.2, 0) is 0 Å². The van der Waals surface area contributed by atoms with Gasteiger partial charge in [0.05, 0.1) is 6.04 Å². The Morgan fingerprint density at radius 2 is 1.75 bits per heavy atom. The lowest BCUT2D eigenvalue weighted by atomic mass is 9.95. The van der Waals surface area contributed by atoms with E-state index in [9.17, 15) is 0 Å². The summed E-state index contributed by atoms with van der Waals surface area (Å²) in [6.07, 6.45) is 3.66. The van der Waals surface area contributed by atoms with Crippen LogP contribution in [0.15, 0.2) is 63.8 Å². The van der Waals surface area contributed by atoms with Gasteiger partial charge in [-0.25, -0.2) is 0 Å². The summed E-state index contributed by atoms with van der Waals surface area (Å²) >= 11 is 7.02. The molecule has 0 bridgehead atoms. The fraction of sp³-hybridized carbons (Fsp3) is 0.0625.